The predicted octanol–water partition coefficient (Wildman–Crippen LogP) is 23.5. The van der Waals surface area contributed by atoms with E-state index in [0.717, 1.165) is 108 Å². The van der Waals surface area contributed by atoms with Crippen molar-refractivity contribution in [2.75, 3.05) is 39.6 Å². The van der Waals surface area contributed by atoms with Gasteiger partial charge in [0, 0.05) is 25.7 Å². The SMILES string of the molecule is CCCCCCCCCCCCCCCCCC(=O)O[C@H](COC(=O)CCCCCCC)COP(=O)(O)OC[C@H](O)COP(=O)(O)OC[C@@H](COC(=O)CCCCCCCCCCCCCCCCCCC(C)C)OC(=O)CCCCCCCCCCCCCCCCCCC(C)C. The largest absolute Gasteiger partial charge is 0.472 e. The number of carbonyl (C=O) groups excluding carboxylic acids is 4. The minimum atomic E-state index is -4.96. The molecule has 17 nitrogen and oxygen atoms in total. The van der Waals surface area contributed by atoms with E-state index in [-0.39, 0.29) is 25.7 Å². The van der Waals surface area contributed by atoms with Gasteiger partial charge in [-0.2, -0.15) is 0 Å². The monoisotopic (exact) mass is 1440 g/mol. The van der Waals surface area contributed by atoms with Gasteiger partial charge in [-0.25, -0.2) is 9.13 Å². The number of unbranched alkanes of at least 4 members (excludes halogenated alkanes) is 48. The summed E-state index contributed by atoms with van der Waals surface area (Å²) in [6.07, 6.45) is 60.1. The van der Waals surface area contributed by atoms with Crippen LogP contribution in [0.15, 0.2) is 0 Å². The van der Waals surface area contributed by atoms with Gasteiger partial charge in [0.15, 0.2) is 12.2 Å². The third kappa shape index (κ3) is 72.4. The van der Waals surface area contributed by atoms with Crippen LogP contribution in [-0.2, 0) is 65.4 Å². The fraction of sp³-hybridized carbons (Fsp3) is 0.949. The molecule has 0 aliphatic carbocycles. The molecular weight excluding hydrogens is 1280 g/mol. The second kappa shape index (κ2) is 70.7. The zero-order valence-electron chi connectivity index (χ0n) is 64.1. The summed E-state index contributed by atoms with van der Waals surface area (Å²) in [6.45, 7) is 9.60. The van der Waals surface area contributed by atoms with E-state index < -0.39 is 97.5 Å². The molecule has 0 aliphatic heterocycles. The first-order valence-corrected chi connectivity index (χ1v) is 44.0. The summed E-state index contributed by atoms with van der Waals surface area (Å²) < 4.78 is 68.4. The van der Waals surface area contributed by atoms with Crippen LogP contribution < -0.4 is 0 Å². The van der Waals surface area contributed by atoms with Gasteiger partial charge in [0.1, 0.15) is 19.3 Å². The van der Waals surface area contributed by atoms with Crippen LogP contribution in [0.3, 0.4) is 0 Å². The van der Waals surface area contributed by atoms with Crippen LogP contribution in [0.5, 0.6) is 0 Å². The summed E-state index contributed by atoms with van der Waals surface area (Å²) in [7, 11) is -9.91. The van der Waals surface area contributed by atoms with Crippen LogP contribution in [-0.4, -0.2) is 96.7 Å². The van der Waals surface area contributed by atoms with Crippen molar-refractivity contribution in [1.82, 2.24) is 0 Å². The molecule has 98 heavy (non-hydrogen) atoms. The molecule has 0 radical (unpaired) electrons. The van der Waals surface area contributed by atoms with Gasteiger partial charge in [0.2, 0.25) is 0 Å². The van der Waals surface area contributed by atoms with E-state index in [1.54, 1.807) is 0 Å². The summed E-state index contributed by atoms with van der Waals surface area (Å²) >= 11 is 0. The highest BCUT2D eigenvalue weighted by atomic mass is 31.2. The van der Waals surface area contributed by atoms with Crippen molar-refractivity contribution in [3.63, 3.8) is 0 Å². The van der Waals surface area contributed by atoms with E-state index in [1.165, 1.54) is 225 Å². The molecule has 0 aromatic heterocycles. The molecule has 0 rings (SSSR count). The molecule has 0 aromatic carbocycles. The van der Waals surface area contributed by atoms with E-state index in [0.29, 0.717) is 25.7 Å². The van der Waals surface area contributed by atoms with Crippen molar-refractivity contribution in [3.05, 3.63) is 0 Å². The molecule has 0 fully saturated rings. The molecule has 582 valence electrons. The maximum absolute atomic E-state index is 13.1. The van der Waals surface area contributed by atoms with Gasteiger partial charge in [-0.1, -0.05) is 363 Å². The van der Waals surface area contributed by atoms with Crippen molar-refractivity contribution < 1.29 is 80.2 Å². The van der Waals surface area contributed by atoms with E-state index in [1.807, 2.05) is 0 Å². The Balaban J connectivity index is 5.13. The number of hydrogen-bond donors (Lipinski definition) is 3. The highest BCUT2D eigenvalue weighted by Crippen LogP contribution is 2.45. The Labute approximate surface area is 600 Å². The van der Waals surface area contributed by atoms with Gasteiger partial charge >= 0.3 is 39.5 Å². The molecule has 0 saturated heterocycles. The van der Waals surface area contributed by atoms with Crippen LogP contribution in [0, 0.1) is 11.8 Å². The molecule has 0 bridgehead atoms. The van der Waals surface area contributed by atoms with Gasteiger partial charge in [0.25, 0.3) is 0 Å². The summed E-state index contributed by atoms with van der Waals surface area (Å²) in [6, 6.07) is 0. The number of phosphoric ester groups is 2. The van der Waals surface area contributed by atoms with Crippen LogP contribution in [0.1, 0.15) is 414 Å². The molecule has 0 spiro atoms. The van der Waals surface area contributed by atoms with Crippen molar-refractivity contribution in [2.24, 2.45) is 11.8 Å². The Morgan fingerprint density at radius 3 is 0.694 bits per heavy atom. The number of esters is 4. The number of rotatable bonds is 78. The number of hydrogen-bond acceptors (Lipinski definition) is 15. The van der Waals surface area contributed by atoms with E-state index in [4.69, 9.17) is 37.0 Å². The summed E-state index contributed by atoms with van der Waals surface area (Å²) in [4.78, 5) is 72.6. The Kier molecular flexibility index (Phi) is 69.3. The number of ether oxygens (including phenoxy) is 4. The van der Waals surface area contributed by atoms with Crippen LogP contribution in [0.2, 0.25) is 0 Å². The van der Waals surface area contributed by atoms with Crippen LogP contribution >= 0.6 is 15.6 Å². The highest BCUT2D eigenvalue weighted by molar-refractivity contribution is 7.47. The van der Waals surface area contributed by atoms with Crippen molar-refractivity contribution in [2.45, 2.75) is 432 Å². The Morgan fingerprint density at radius 1 is 0.276 bits per heavy atom. The number of aliphatic hydroxyl groups excluding tert-OH is 1. The third-order valence-corrected chi connectivity index (χ3v) is 20.4. The lowest BCUT2D eigenvalue weighted by molar-refractivity contribution is -0.161. The zero-order chi connectivity index (χ0) is 72.1. The van der Waals surface area contributed by atoms with Crippen molar-refractivity contribution in [1.29, 1.82) is 0 Å². The summed E-state index contributed by atoms with van der Waals surface area (Å²) in [5, 5.41) is 10.6. The average Bonchev–Trinajstić information content (AvgIpc) is 1.01. The minimum Gasteiger partial charge on any atom is -0.462 e. The Bertz CT molecular complexity index is 1890. The number of phosphoric acid groups is 2. The van der Waals surface area contributed by atoms with Gasteiger partial charge in [-0.3, -0.25) is 37.3 Å². The Morgan fingerprint density at radius 2 is 0.469 bits per heavy atom. The zero-order valence-corrected chi connectivity index (χ0v) is 65.9. The first-order chi connectivity index (χ1) is 47.4. The molecule has 0 saturated carbocycles. The molecular formula is C79H154O17P2. The second-order valence-corrected chi connectivity index (χ2v) is 32.3. The average molecular weight is 1440 g/mol. The van der Waals surface area contributed by atoms with E-state index in [9.17, 15) is 43.2 Å². The maximum Gasteiger partial charge on any atom is 0.472 e. The maximum atomic E-state index is 13.1. The molecule has 0 heterocycles. The lowest BCUT2D eigenvalue weighted by atomic mass is 10.0. The lowest BCUT2D eigenvalue weighted by Gasteiger charge is -2.21. The number of carbonyl (C=O) groups is 4. The first-order valence-electron chi connectivity index (χ1n) is 41.0. The topological polar surface area (TPSA) is 237 Å². The second-order valence-electron chi connectivity index (χ2n) is 29.4. The number of aliphatic hydroxyl groups is 1. The normalized spacial score (nSPS) is 13.9. The molecule has 0 aromatic rings. The fourth-order valence-electron chi connectivity index (χ4n) is 12.2. The van der Waals surface area contributed by atoms with Gasteiger partial charge in [-0.05, 0) is 37.5 Å². The first kappa shape index (κ1) is 96.1. The van der Waals surface area contributed by atoms with Gasteiger partial charge in [-0.15, -0.1) is 0 Å². The van der Waals surface area contributed by atoms with E-state index in [2.05, 4.69) is 41.5 Å². The molecule has 0 aliphatic rings. The van der Waals surface area contributed by atoms with Gasteiger partial charge in [0.05, 0.1) is 26.4 Å². The fourth-order valence-corrected chi connectivity index (χ4v) is 13.8. The molecule has 19 heteroatoms. The summed E-state index contributed by atoms with van der Waals surface area (Å²) in [5.74, 6) is -0.500. The Hall–Kier alpha value is -1.94. The third-order valence-electron chi connectivity index (χ3n) is 18.5. The molecule has 0 amide bonds. The highest BCUT2D eigenvalue weighted by Gasteiger charge is 2.30. The molecule has 2 unspecified atom stereocenters. The minimum absolute atomic E-state index is 0.107. The van der Waals surface area contributed by atoms with Gasteiger partial charge < -0.3 is 33.8 Å². The molecule has 5 atom stereocenters. The lowest BCUT2D eigenvalue weighted by Crippen LogP contribution is -2.30. The standard InChI is InChI=1S/C79H154O17P2/c1-7-9-11-13-14-15-16-17-22-30-35-40-45-51-57-63-78(83)95-74(67-89-76(81)61-55-47-12-10-8-2)69-93-97(85,86)91-65-73(80)66-92-98(87,88)94-70-75(96-79(84)64-58-52-46-41-36-31-26-21-19-24-28-33-38-43-49-54-60-72(5)6)68-90-77(82)62-56-50-44-39-34-29-25-20-18-23-27-32-37-42-48-53-59-71(3)4/h71-75,80H,7-70H2,1-6H3,(H,85,86)(H,87,88)/t73-,74+,75+/m0/s1. The van der Waals surface area contributed by atoms with Crippen molar-refractivity contribution >= 4 is 39.5 Å². The predicted molar refractivity (Wildman–Crippen MR) is 400 cm³/mol. The van der Waals surface area contributed by atoms with Crippen molar-refractivity contribution in [3.8, 4) is 0 Å². The van der Waals surface area contributed by atoms with Crippen LogP contribution in [0.4, 0.5) is 0 Å². The quantitative estimate of drug-likeness (QED) is 0.0222. The molecule has 3 N–H and O–H groups in total. The van der Waals surface area contributed by atoms with Crippen LogP contribution in [0.25, 0.3) is 0 Å². The van der Waals surface area contributed by atoms with E-state index >= 15 is 0 Å². The smallest absolute Gasteiger partial charge is 0.462 e. The summed E-state index contributed by atoms with van der Waals surface area (Å²) in [5.41, 5.74) is 0.